The van der Waals surface area contributed by atoms with E-state index in [0.717, 1.165) is 11.1 Å². The summed E-state index contributed by atoms with van der Waals surface area (Å²) in [5.41, 5.74) is 2.73. The number of hydrogen-bond donors (Lipinski definition) is 4. The summed E-state index contributed by atoms with van der Waals surface area (Å²) in [4.78, 5) is 51.1. The fraction of sp³-hybridized carbons (Fsp3) is 0.448. The number of Topliss-reactive ketones (excluding diaryl/α,β-unsaturated/α-hetero) is 1. The molecular formula is C29H40N4O6. The van der Waals surface area contributed by atoms with Crippen molar-refractivity contribution in [3.05, 3.63) is 59.2 Å². The van der Waals surface area contributed by atoms with Crippen molar-refractivity contribution in [3.63, 3.8) is 0 Å². The van der Waals surface area contributed by atoms with E-state index in [-0.39, 0.29) is 18.9 Å². The van der Waals surface area contributed by atoms with Gasteiger partial charge < -0.3 is 30.7 Å². The Labute approximate surface area is 230 Å². The first-order valence-corrected chi connectivity index (χ1v) is 13.0. The minimum atomic E-state index is -1.04. The van der Waals surface area contributed by atoms with Crippen LogP contribution in [0.15, 0.2) is 42.5 Å². The number of benzene rings is 2. The van der Waals surface area contributed by atoms with E-state index in [0.29, 0.717) is 30.0 Å². The Morgan fingerprint density at radius 1 is 0.795 bits per heavy atom. The van der Waals surface area contributed by atoms with Gasteiger partial charge in [-0.05, 0) is 48.9 Å². The Balaban J connectivity index is 1.97. The number of hydrogen-bond acceptors (Lipinski definition) is 6. The number of carbonyl (C=O) groups is 4. The summed E-state index contributed by atoms with van der Waals surface area (Å²) < 4.78 is 10.5. The van der Waals surface area contributed by atoms with E-state index >= 15 is 0 Å². The minimum Gasteiger partial charge on any atom is -0.497 e. The molecule has 0 bridgehead atoms. The van der Waals surface area contributed by atoms with Crippen molar-refractivity contribution in [2.75, 3.05) is 14.2 Å². The monoisotopic (exact) mass is 540 g/mol. The molecule has 0 aromatic heterocycles. The van der Waals surface area contributed by atoms with Gasteiger partial charge >= 0.3 is 6.03 Å². The van der Waals surface area contributed by atoms with Crippen molar-refractivity contribution < 1.29 is 28.7 Å². The predicted molar refractivity (Wildman–Crippen MR) is 148 cm³/mol. The number of rotatable bonds is 14. The molecule has 2 aromatic carbocycles. The summed E-state index contributed by atoms with van der Waals surface area (Å²) in [6.45, 7) is 7.90. The van der Waals surface area contributed by atoms with Gasteiger partial charge in [0, 0.05) is 19.2 Å². The molecule has 10 heteroatoms. The van der Waals surface area contributed by atoms with Crippen LogP contribution in [0.5, 0.6) is 11.5 Å². The summed E-state index contributed by atoms with van der Waals surface area (Å²) in [6.07, 6.45) is 0.567. The molecule has 39 heavy (non-hydrogen) atoms. The Kier molecular flexibility index (Phi) is 12.3. The van der Waals surface area contributed by atoms with Gasteiger partial charge in [0.15, 0.2) is 0 Å². The van der Waals surface area contributed by atoms with E-state index in [1.807, 2.05) is 45.0 Å². The van der Waals surface area contributed by atoms with Crippen LogP contribution in [0.4, 0.5) is 4.79 Å². The number of aryl methyl sites for hydroxylation is 1. The van der Waals surface area contributed by atoms with Gasteiger partial charge in [-0.25, -0.2) is 4.79 Å². The molecule has 0 aliphatic rings. The minimum absolute atomic E-state index is 0.0706. The Hall–Kier alpha value is -4.08. The maximum absolute atomic E-state index is 13.1. The van der Waals surface area contributed by atoms with Gasteiger partial charge in [-0.2, -0.15) is 0 Å². The van der Waals surface area contributed by atoms with Crippen LogP contribution in [0.2, 0.25) is 0 Å². The molecule has 10 nitrogen and oxygen atoms in total. The van der Waals surface area contributed by atoms with E-state index in [1.54, 1.807) is 25.1 Å². The second kappa shape index (κ2) is 15.4. The third-order valence-electron chi connectivity index (χ3n) is 6.03. The molecule has 0 heterocycles. The first-order valence-electron chi connectivity index (χ1n) is 13.0. The lowest BCUT2D eigenvalue weighted by atomic mass is 10.0. The summed E-state index contributed by atoms with van der Waals surface area (Å²) in [5.74, 6) is -0.928. The number of urea groups is 1. The third-order valence-corrected chi connectivity index (χ3v) is 6.03. The largest absolute Gasteiger partial charge is 0.497 e. The number of nitrogens with one attached hydrogen (secondary N) is 4. The normalized spacial score (nSPS) is 12.2. The first kappa shape index (κ1) is 31.1. The molecule has 0 spiro atoms. The maximum atomic E-state index is 13.1. The lowest BCUT2D eigenvalue weighted by Gasteiger charge is -2.23. The average Bonchev–Trinajstić information content (AvgIpc) is 2.92. The third kappa shape index (κ3) is 10.3. The van der Waals surface area contributed by atoms with Gasteiger partial charge in [-0.3, -0.25) is 14.4 Å². The molecular weight excluding hydrogens is 500 g/mol. The second-order valence-electron chi connectivity index (χ2n) is 9.73. The van der Waals surface area contributed by atoms with E-state index in [2.05, 4.69) is 21.3 Å². The standard InChI is InChI=1S/C29H40N4O6/c1-7-24(26(34)28(36)30-17-21-13-22(38-5)15-23(14-21)39-6)32-27(35)25(12-18(2)3)33-29(37)31-16-20-10-8-19(4)9-11-20/h8-11,13-15,18,24-25H,7,12,16-17H2,1-6H3,(H,30,36)(H,32,35)(H2,31,33,37)/t24?,25-/m0/s1. The van der Waals surface area contributed by atoms with Crippen LogP contribution in [0.1, 0.15) is 50.3 Å². The van der Waals surface area contributed by atoms with Crippen molar-refractivity contribution in [2.45, 2.75) is 65.7 Å². The fourth-order valence-electron chi connectivity index (χ4n) is 3.82. The predicted octanol–water partition coefficient (Wildman–Crippen LogP) is 3.01. The lowest BCUT2D eigenvalue weighted by Crippen LogP contribution is -2.55. The quantitative estimate of drug-likeness (QED) is 0.272. The number of amides is 4. The zero-order valence-corrected chi connectivity index (χ0v) is 23.6. The van der Waals surface area contributed by atoms with Gasteiger partial charge in [0.2, 0.25) is 11.7 Å². The van der Waals surface area contributed by atoms with Gasteiger partial charge in [0.1, 0.15) is 17.5 Å². The van der Waals surface area contributed by atoms with Crippen LogP contribution in [-0.4, -0.2) is 49.9 Å². The topological polar surface area (TPSA) is 135 Å². The smallest absolute Gasteiger partial charge is 0.315 e. The summed E-state index contributed by atoms with van der Waals surface area (Å²) in [7, 11) is 3.04. The fourth-order valence-corrected chi connectivity index (χ4v) is 3.82. The number of carbonyl (C=O) groups excluding carboxylic acids is 4. The molecule has 4 amide bonds. The highest BCUT2D eigenvalue weighted by Crippen LogP contribution is 2.22. The molecule has 0 aliphatic carbocycles. The van der Waals surface area contributed by atoms with E-state index < -0.39 is 35.7 Å². The molecule has 0 radical (unpaired) electrons. The average molecular weight is 541 g/mol. The number of ether oxygens (including phenoxy) is 2. The van der Waals surface area contributed by atoms with Gasteiger partial charge in [-0.15, -0.1) is 0 Å². The van der Waals surface area contributed by atoms with Crippen molar-refractivity contribution in [1.82, 2.24) is 21.3 Å². The van der Waals surface area contributed by atoms with Gasteiger partial charge in [0.25, 0.3) is 5.91 Å². The van der Waals surface area contributed by atoms with Crippen molar-refractivity contribution in [3.8, 4) is 11.5 Å². The summed E-state index contributed by atoms with van der Waals surface area (Å²) in [5, 5.41) is 10.7. The van der Waals surface area contributed by atoms with Crippen LogP contribution in [0.3, 0.4) is 0 Å². The summed E-state index contributed by atoms with van der Waals surface area (Å²) >= 11 is 0. The van der Waals surface area contributed by atoms with Crippen LogP contribution < -0.4 is 30.7 Å². The van der Waals surface area contributed by atoms with E-state index in [4.69, 9.17) is 9.47 Å². The molecule has 0 fully saturated rings. The molecule has 0 saturated carbocycles. The SMILES string of the molecule is CCC(NC(=O)[C@H](CC(C)C)NC(=O)NCc1ccc(C)cc1)C(=O)C(=O)NCc1cc(OC)cc(OC)c1. The lowest BCUT2D eigenvalue weighted by molar-refractivity contribution is -0.140. The van der Waals surface area contributed by atoms with Crippen LogP contribution >= 0.6 is 0 Å². The highest BCUT2D eigenvalue weighted by atomic mass is 16.5. The second-order valence-corrected chi connectivity index (χ2v) is 9.73. The molecule has 212 valence electrons. The zero-order valence-electron chi connectivity index (χ0n) is 23.6. The molecule has 4 N–H and O–H groups in total. The summed E-state index contributed by atoms with van der Waals surface area (Å²) in [6, 6.07) is 10.5. The molecule has 2 aromatic rings. The molecule has 2 rings (SSSR count). The van der Waals surface area contributed by atoms with Crippen LogP contribution in [0, 0.1) is 12.8 Å². The van der Waals surface area contributed by atoms with Crippen LogP contribution in [-0.2, 0) is 27.5 Å². The maximum Gasteiger partial charge on any atom is 0.315 e. The molecule has 2 atom stereocenters. The van der Waals surface area contributed by atoms with Crippen molar-refractivity contribution in [1.29, 1.82) is 0 Å². The van der Waals surface area contributed by atoms with E-state index in [9.17, 15) is 19.2 Å². The zero-order chi connectivity index (χ0) is 28.9. The highest BCUT2D eigenvalue weighted by Gasteiger charge is 2.29. The van der Waals surface area contributed by atoms with Gasteiger partial charge in [0.05, 0.1) is 20.3 Å². The van der Waals surface area contributed by atoms with E-state index in [1.165, 1.54) is 14.2 Å². The number of ketones is 1. The highest BCUT2D eigenvalue weighted by molar-refractivity contribution is 6.38. The molecule has 1 unspecified atom stereocenters. The van der Waals surface area contributed by atoms with Gasteiger partial charge in [-0.1, -0.05) is 50.6 Å². The Morgan fingerprint density at radius 2 is 1.38 bits per heavy atom. The van der Waals surface area contributed by atoms with Crippen LogP contribution in [0.25, 0.3) is 0 Å². The van der Waals surface area contributed by atoms with Crippen molar-refractivity contribution in [2.24, 2.45) is 5.92 Å². The Bertz CT molecular complexity index is 1110. The number of methoxy groups -OCH3 is 2. The first-order chi connectivity index (χ1) is 18.6. The Morgan fingerprint density at radius 3 is 1.92 bits per heavy atom. The molecule has 0 saturated heterocycles. The van der Waals surface area contributed by atoms with Crippen molar-refractivity contribution >= 4 is 23.6 Å². The molecule has 0 aliphatic heterocycles.